The molecule has 0 aliphatic carbocycles. The summed E-state index contributed by atoms with van der Waals surface area (Å²) >= 11 is 1.15. The van der Waals surface area contributed by atoms with E-state index < -0.39 is 0 Å². The molecule has 0 bridgehead atoms. The van der Waals surface area contributed by atoms with Crippen molar-refractivity contribution in [2.24, 2.45) is 0 Å². The summed E-state index contributed by atoms with van der Waals surface area (Å²) in [6, 6.07) is 0.243. The van der Waals surface area contributed by atoms with E-state index in [4.69, 9.17) is 0 Å². The van der Waals surface area contributed by atoms with Gasteiger partial charge in [-0.25, -0.2) is 0 Å². The largest absolute Gasteiger partial charge is 0.347 e. The Hall–Kier alpha value is -1.01. The van der Waals surface area contributed by atoms with Crippen molar-refractivity contribution in [2.75, 3.05) is 13.1 Å². The Morgan fingerprint density at radius 2 is 2.53 bits per heavy atom. The van der Waals surface area contributed by atoms with E-state index in [2.05, 4.69) is 20.2 Å². The summed E-state index contributed by atoms with van der Waals surface area (Å²) in [5, 5.41) is 10.1. The Balaban J connectivity index is 1.94. The van der Waals surface area contributed by atoms with Crippen molar-refractivity contribution < 1.29 is 4.79 Å². The highest BCUT2D eigenvalue weighted by Crippen LogP contribution is 2.10. The Kier molecular flexibility index (Phi) is 3.27. The molecule has 1 aliphatic heterocycles. The van der Waals surface area contributed by atoms with E-state index in [9.17, 15) is 4.79 Å². The Labute approximate surface area is 92.4 Å². The van der Waals surface area contributed by atoms with Crippen LogP contribution in [-0.4, -0.2) is 34.6 Å². The second-order valence-corrected chi connectivity index (χ2v) is 4.46. The minimum Gasteiger partial charge on any atom is -0.347 e. The summed E-state index contributed by atoms with van der Waals surface area (Å²) in [5.74, 6) is -0.0452. The van der Waals surface area contributed by atoms with Crippen LogP contribution < -0.4 is 10.6 Å². The number of carbonyl (C=O) groups is 1. The second-order valence-electron chi connectivity index (χ2n) is 3.70. The normalized spacial score (nSPS) is 21.3. The zero-order chi connectivity index (χ0) is 10.7. The number of aryl methyl sites for hydroxylation is 1. The lowest BCUT2D eigenvalue weighted by Crippen LogP contribution is -2.45. The Morgan fingerprint density at radius 1 is 1.67 bits per heavy atom. The predicted octanol–water partition coefficient (Wildman–Crippen LogP) is 0.328. The highest BCUT2D eigenvalue weighted by atomic mass is 32.1. The van der Waals surface area contributed by atoms with Crippen molar-refractivity contribution in [3.05, 3.63) is 10.6 Å². The molecule has 0 unspecified atom stereocenters. The standard InChI is InChI=1S/C9H14N4OS/c1-6-8(15-13-12-6)9(14)11-7-3-2-4-10-5-7/h7,10H,2-5H2,1H3,(H,11,14)/t7-/m0/s1. The van der Waals surface area contributed by atoms with Crippen LogP contribution in [0.4, 0.5) is 0 Å². The average Bonchev–Trinajstić information content (AvgIpc) is 2.66. The van der Waals surface area contributed by atoms with Gasteiger partial charge in [-0.05, 0) is 37.8 Å². The summed E-state index contributed by atoms with van der Waals surface area (Å²) in [7, 11) is 0. The highest BCUT2D eigenvalue weighted by Gasteiger charge is 2.19. The predicted molar refractivity (Wildman–Crippen MR) is 58.0 cm³/mol. The smallest absolute Gasteiger partial charge is 0.265 e. The maximum absolute atomic E-state index is 11.8. The average molecular weight is 226 g/mol. The van der Waals surface area contributed by atoms with Gasteiger partial charge in [-0.3, -0.25) is 4.79 Å². The summed E-state index contributed by atoms with van der Waals surface area (Å²) in [6.07, 6.45) is 2.16. The van der Waals surface area contributed by atoms with Gasteiger partial charge in [0.15, 0.2) is 0 Å². The van der Waals surface area contributed by atoms with E-state index in [0.29, 0.717) is 10.6 Å². The van der Waals surface area contributed by atoms with Gasteiger partial charge in [-0.15, -0.1) is 5.10 Å². The fourth-order valence-corrected chi connectivity index (χ4v) is 2.23. The molecule has 1 aromatic rings. The van der Waals surface area contributed by atoms with Crippen molar-refractivity contribution in [2.45, 2.75) is 25.8 Å². The molecule has 82 valence electrons. The molecule has 0 aromatic carbocycles. The molecule has 0 spiro atoms. The summed E-state index contributed by atoms with van der Waals surface area (Å²) in [4.78, 5) is 12.4. The second kappa shape index (κ2) is 4.67. The van der Waals surface area contributed by atoms with Crippen molar-refractivity contribution >= 4 is 17.4 Å². The highest BCUT2D eigenvalue weighted by molar-refractivity contribution is 7.07. The zero-order valence-corrected chi connectivity index (χ0v) is 9.43. The zero-order valence-electron chi connectivity index (χ0n) is 8.62. The molecule has 1 aromatic heterocycles. The third-order valence-corrected chi connectivity index (χ3v) is 3.32. The van der Waals surface area contributed by atoms with Gasteiger partial charge in [0, 0.05) is 12.6 Å². The lowest BCUT2D eigenvalue weighted by Gasteiger charge is -2.23. The molecule has 1 amide bonds. The first-order chi connectivity index (χ1) is 7.27. The number of rotatable bonds is 2. The molecule has 1 saturated heterocycles. The van der Waals surface area contributed by atoms with Gasteiger partial charge >= 0.3 is 0 Å². The number of hydrogen-bond acceptors (Lipinski definition) is 5. The Bertz CT molecular complexity index is 346. The van der Waals surface area contributed by atoms with Gasteiger partial charge in [0.05, 0.1) is 5.69 Å². The molecule has 0 radical (unpaired) electrons. The summed E-state index contributed by atoms with van der Waals surface area (Å²) in [5.41, 5.74) is 0.710. The molecule has 1 fully saturated rings. The Morgan fingerprint density at radius 3 is 3.13 bits per heavy atom. The van der Waals surface area contributed by atoms with Crippen LogP contribution in [-0.2, 0) is 0 Å². The molecule has 6 heteroatoms. The SMILES string of the molecule is Cc1nnsc1C(=O)N[C@H]1CCCNC1. The van der Waals surface area contributed by atoms with Crippen LogP contribution in [0.15, 0.2) is 0 Å². The van der Waals surface area contributed by atoms with Crippen molar-refractivity contribution in [3.8, 4) is 0 Å². The minimum atomic E-state index is -0.0452. The van der Waals surface area contributed by atoms with E-state index in [1.807, 2.05) is 0 Å². The van der Waals surface area contributed by atoms with Crippen LogP contribution in [0.3, 0.4) is 0 Å². The van der Waals surface area contributed by atoms with Crippen LogP contribution in [0, 0.1) is 6.92 Å². The fourth-order valence-electron chi connectivity index (χ4n) is 1.67. The van der Waals surface area contributed by atoms with Crippen molar-refractivity contribution in [1.82, 2.24) is 20.2 Å². The maximum Gasteiger partial charge on any atom is 0.265 e. The third-order valence-electron chi connectivity index (χ3n) is 2.49. The van der Waals surface area contributed by atoms with Crippen LogP contribution in [0.25, 0.3) is 0 Å². The van der Waals surface area contributed by atoms with Gasteiger partial charge in [0.2, 0.25) is 0 Å². The molecule has 2 rings (SSSR count). The molecule has 2 heterocycles. The maximum atomic E-state index is 11.8. The first-order valence-electron chi connectivity index (χ1n) is 5.08. The van der Waals surface area contributed by atoms with Crippen LogP contribution in [0.2, 0.25) is 0 Å². The third kappa shape index (κ3) is 2.51. The van der Waals surface area contributed by atoms with Gasteiger partial charge in [0.1, 0.15) is 4.88 Å². The van der Waals surface area contributed by atoms with Crippen molar-refractivity contribution in [3.63, 3.8) is 0 Å². The number of piperidine rings is 1. The number of nitrogens with zero attached hydrogens (tertiary/aromatic N) is 2. The molecule has 15 heavy (non-hydrogen) atoms. The van der Waals surface area contributed by atoms with Crippen LogP contribution in [0.5, 0.6) is 0 Å². The monoisotopic (exact) mass is 226 g/mol. The number of carbonyl (C=O) groups excluding carboxylic acids is 1. The minimum absolute atomic E-state index is 0.0452. The number of aromatic nitrogens is 2. The molecule has 2 N–H and O–H groups in total. The van der Waals surface area contributed by atoms with E-state index in [0.717, 1.165) is 37.5 Å². The molecule has 1 atom stereocenters. The quantitative estimate of drug-likeness (QED) is 0.762. The van der Waals surface area contributed by atoms with E-state index in [1.165, 1.54) is 0 Å². The molecular weight excluding hydrogens is 212 g/mol. The molecule has 5 nitrogen and oxygen atoms in total. The number of nitrogens with one attached hydrogen (secondary N) is 2. The van der Waals surface area contributed by atoms with Gasteiger partial charge < -0.3 is 10.6 Å². The first kappa shape index (κ1) is 10.5. The van der Waals surface area contributed by atoms with Crippen LogP contribution >= 0.6 is 11.5 Å². The van der Waals surface area contributed by atoms with Gasteiger partial charge in [-0.2, -0.15) is 0 Å². The lowest BCUT2D eigenvalue weighted by atomic mass is 10.1. The molecular formula is C9H14N4OS. The summed E-state index contributed by atoms with van der Waals surface area (Å²) in [6.45, 7) is 3.71. The number of amides is 1. The van der Waals surface area contributed by atoms with Gasteiger partial charge in [-0.1, -0.05) is 4.49 Å². The fraction of sp³-hybridized carbons (Fsp3) is 0.667. The lowest BCUT2D eigenvalue weighted by molar-refractivity contribution is 0.0934. The number of hydrogen-bond donors (Lipinski definition) is 2. The van der Waals surface area contributed by atoms with Crippen LogP contribution in [0.1, 0.15) is 28.2 Å². The van der Waals surface area contributed by atoms with E-state index in [-0.39, 0.29) is 11.9 Å². The van der Waals surface area contributed by atoms with E-state index >= 15 is 0 Å². The molecule has 0 saturated carbocycles. The first-order valence-corrected chi connectivity index (χ1v) is 5.85. The topological polar surface area (TPSA) is 66.9 Å². The molecule has 1 aliphatic rings. The van der Waals surface area contributed by atoms with Gasteiger partial charge in [0.25, 0.3) is 5.91 Å². The van der Waals surface area contributed by atoms with E-state index in [1.54, 1.807) is 6.92 Å². The summed E-state index contributed by atoms with van der Waals surface area (Å²) < 4.78 is 3.75. The van der Waals surface area contributed by atoms with Crippen molar-refractivity contribution in [1.29, 1.82) is 0 Å².